The molecule has 124 heavy (non-hydrogen) atoms. The summed E-state index contributed by atoms with van der Waals surface area (Å²) in [6.45, 7) is 1.06. The average molecular weight is 1800 g/mol. The van der Waals surface area contributed by atoms with Gasteiger partial charge < -0.3 is 147 Å². The topological polar surface area (TPSA) is 598 Å². The predicted molar refractivity (Wildman–Crippen MR) is 430 cm³/mol. The van der Waals surface area contributed by atoms with Crippen LogP contribution in [-0.4, -0.2) is 212 Å². The number of hydrogen-bond acceptors (Lipinski definition) is 29. The van der Waals surface area contributed by atoms with Crippen LogP contribution in [0.5, 0.6) is 69.0 Å². The first-order chi connectivity index (χ1) is 59.1. The van der Waals surface area contributed by atoms with Gasteiger partial charge >= 0.3 is 11.9 Å². The number of ether oxygens (including phenoxy) is 7. The lowest BCUT2D eigenvalue weighted by molar-refractivity contribution is -0.277. The minimum absolute atomic E-state index is 0.0710. The molecule has 38 nitrogen and oxygen atoms in total. The van der Waals surface area contributed by atoms with E-state index in [0.717, 1.165) is 130 Å². The molecule has 8 aliphatic heterocycles. The Morgan fingerprint density at radius 2 is 1.07 bits per heavy atom. The van der Waals surface area contributed by atoms with E-state index in [2.05, 4.69) is 49.5 Å². The fourth-order valence-corrected chi connectivity index (χ4v) is 16.2. The van der Waals surface area contributed by atoms with Gasteiger partial charge in [0.05, 0.1) is 26.7 Å². The first-order valence-electron chi connectivity index (χ1n) is 38.9. The molecule has 8 aliphatic rings. The zero-order valence-corrected chi connectivity index (χ0v) is 68.2. The number of unbranched alkanes of at least 4 members (excludes halogenated alkanes) is 7. The summed E-state index contributed by atoms with van der Waals surface area (Å²) in [7, 11) is 1.34. The Balaban J connectivity index is 1.07. The summed E-state index contributed by atoms with van der Waals surface area (Å²) >= 11 is 28.5. The maximum absolute atomic E-state index is 16.7. The molecule has 8 heterocycles. The molecular weight excluding hydrogens is 1720 g/mol. The van der Waals surface area contributed by atoms with Gasteiger partial charge in [0.25, 0.3) is 0 Å². The van der Waals surface area contributed by atoms with Gasteiger partial charge in [-0.15, -0.1) is 0 Å². The van der Waals surface area contributed by atoms with Crippen molar-refractivity contribution in [2.24, 2.45) is 0 Å². The van der Waals surface area contributed by atoms with Gasteiger partial charge in [-0.05, 0) is 114 Å². The molecule has 22 N–H and O–H groups in total. The third kappa shape index (κ3) is 18.9. The summed E-state index contributed by atoms with van der Waals surface area (Å²) in [4.78, 5) is 136. The van der Waals surface area contributed by atoms with Crippen LogP contribution in [0.25, 0.3) is 11.1 Å². The molecule has 7 aromatic rings. The Hall–Kier alpha value is -11.3. The Morgan fingerprint density at radius 1 is 0.484 bits per heavy atom. The smallest absolute Gasteiger partial charge is 0.335 e. The van der Waals surface area contributed by atoms with E-state index < -0.39 is 304 Å². The highest BCUT2D eigenvalue weighted by Gasteiger charge is 2.52. The van der Waals surface area contributed by atoms with Gasteiger partial charge in [-0.1, -0.05) is 116 Å². The number of aliphatic hydroxyl groups excluding tert-OH is 8. The van der Waals surface area contributed by atoms with Crippen molar-refractivity contribution in [3.05, 3.63) is 162 Å². The number of aromatic hydroxyl groups is 4. The molecule has 0 spiro atoms. The summed E-state index contributed by atoms with van der Waals surface area (Å²) in [5.74, 6) is -22.0. The molecule has 42 heteroatoms. The number of phenolic OH excluding ortho intramolecular Hbond substituents is 4. The molecule has 15 rings (SSSR count). The second kappa shape index (κ2) is 38.0. The lowest BCUT2D eigenvalue weighted by Crippen LogP contribution is -2.66. The molecule has 2 fully saturated rings. The molecule has 0 aromatic heterocycles. The summed E-state index contributed by atoms with van der Waals surface area (Å²) in [5, 5.41) is 178. The van der Waals surface area contributed by atoms with Gasteiger partial charge in [-0.25, -0.2) is 9.59 Å². The first-order valence-corrected chi connectivity index (χ1v) is 40.4. The normalized spacial score (nSPS) is 26.8. The maximum atomic E-state index is 16.7. The molecule has 7 amide bonds. The minimum atomic E-state index is -2.59. The van der Waals surface area contributed by atoms with Crippen molar-refractivity contribution >= 4 is 99.7 Å². The summed E-state index contributed by atoms with van der Waals surface area (Å²) in [6, 6.07) is -1.38. The van der Waals surface area contributed by atoms with Crippen molar-refractivity contribution in [3.8, 4) is 80.1 Å². The Labute approximate surface area is 722 Å². The number of phenols is 4. The van der Waals surface area contributed by atoms with Crippen molar-refractivity contribution in [1.82, 2.24) is 42.5 Å². The van der Waals surface area contributed by atoms with E-state index in [4.69, 9.17) is 79.6 Å². The average Bonchev–Trinajstić information content (AvgIpc) is 0.760. The second-order valence-corrected chi connectivity index (χ2v) is 31.7. The van der Waals surface area contributed by atoms with E-state index in [9.17, 15) is 90.7 Å². The van der Waals surface area contributed by atoms with E-state index in [0.29, 0.717) is 12.8 Å². The fraction of sp³-hybridized carbons (Fsp3) is 0.378. The third-order valence-corrected chi connectivity index (χ3v) is 23.0. The van der Waals surface area contributed by atoms with Crippen LogP contribution in [0, 0.1) is 0 Å². The van der Waals surface area contributed by atoms with Gasteiger partial charge in [0, 0.05) is 40.8 Å². The number of rotatable bonds is 18. The number of benzene rings is 7. The van der Waals surface area contributed by atoms with Crippen molar-refractivity contribution in [1.29, 1.82) is 0 Å². The molecule has 660 valence electrons. The molecule has 0 aliphatic carbocycles. The van der Waals surface area contributed by atoms with Crippen LogP contribution in [-0.2, 0) is 52.6 Å². The van der Waals surface area contributed by atoms with Crippen molar-refractivity contribution in [2.45, 2.75) is 181 Å². The summed E-state index contributed by atoms with van der Waals surface area (Å²) in [6.07, 6.45) is -17.9. The summed E-state index contributed by atoms with van der Waals surface area (Å²) < 4.78 is 43.8. The largest absolute Gasteiger partial charge is 0.508 e. The Morgan fingerprint density at radius 3 is 1.73 bits per heavy atom. The zero-order chi connectivity index (χ0) is 89.3. The first kappa shape index (κ1) is 90.4. The third-order valence-electron chi connectivity index (χ3n) is 21.7. The predicted octanol–water partition coefficient (Wildman–Crippen LogP) is 4.74. The number of aliphatic hydroxyl groups is 8. The molecular formula is C82H84Cl4N8O30. The maximum Gasteiger partial charge on any atom is 0.335 e. The van der Waals surface area contributed by atoms with E-state index >= 15 is 24.0 Å². The van der Waals surface area contributed by atoms with E-state index in [1.165, 1.54) is 19.2 Å². The number of carboxylic acid groups (broad SMARTS) is 2. The molecule has 17 bridgehead atoms. The number of carbonyl (C=O) groups excluding carboxylic acids is 7. The number of amides is 7. The van der Waals surface area contributed by atoms with Gasteiger partial charge in [-0.2, -0.15) is 0 Å². The lowest BCUT2D eigenvalue weighted by Gasteiger charge is -2.41. The van der Waals surface area contributed by atoms with Gasteiger partial charge in [-0.3, -0.25) is 33.6 Å². The van der Waals surface area contributed by atoms with Gasteiger partial charge in [0.1, 0.15) is 126 Å². The second-order valence-electron chi connectivity index (χ2n) is 30.1. The highest BCUT2D eigenvalue weighted by Crippen LogP contribution is 2.52. The van der Waals surface area contributed by atoms with Crippen LogP contribution in [0.2, 0.25) is 20.1 Å². The Kier molecular flexibility index (Phi) is 27.7. The van der Waals surface area contributed by atoms with E-state index in [1.807, 2.05) is 0 Å². The molecule has 2 saturated heterocycles. The van der Waals surface area contributed by atoms with Crippen LogP contribution in [0.4, 0.5) is 0 Å². The quantitative estimate of drug-likeness (QED) is 0.0516. The fourth-order valence-electron chi connectivity index (χ4n) is 15.2. The van der Waals surface area contributed by atoms with Crippen LogP contribution < -0.4 is 66.2 Å². The van der Waals surface area contributed by atoms with E-state index in [1.54, 1.807) is 0 Å². The number of carboxylic acids is 2. The standard InChI is InChI=1S/C82H84Cl4N8O30/c1-3-4-5-6-7-8-9-10-11-52(100)88-62-66(104)68(106)72(80(116)117)124-81(62)123-71-49-23-33-24-50(71)120-70-41(84)20-34(21-42(70)85)64(102)61-78(113)92-59(79(114)115)38-25-35(96)26-48(121-82-69(107)67(105)65(103)51(29-95)122-82)53(38)37-18-30(12-15-43(37)97)56(74(109)94-61)89-75(110)57(33)90-76(111)58-39-27-36(28-45(99)54(39)86)118-47-22-31(13-16-44(47)98)55(87-2)73(108)93-60(77(112)91-58)63(101)32-14-17-46(119-49)40(83)19-32/h12-28,51,55-69,72,81-82,87,95-99,101-107H,3-11,29H2,1-2H3,(H,88,100)(H,89,110)(H,90,111)(H,91,112)(H,92,113)(H,93,108)(H,94,109)(H,114,115)(H,116,117)/t51-,55+,56+,57?,58?,59+,60+,61-,62-,63+,64-,65-,66-,67-,68-,69-,72+,81+,82-/m0/s1. The van der Waals surface area contributed by atoms with Gasteiger partial charge in [0.2, 0.25) is 59.7 Å². The minimum Gasteiger partial charge on any atom is -0.508 e. The van der Waals surface area contributed by atoms with Gasteiger partial charge in [0.15, 0.2) is 40.9 Å². The number of carbonyl (C=O) groups is 9. The number of likely N-dealkylation sites (N-methyl/N-ethyl adjacent to an activating group) is 1. The lowest BCUT2D eigenvalue weighted by atomic mass is 9.89. The zero-order valence-electron chi connectivity index (χ0n) is 65.2. The van der Waals surface area contributed by atoms with Crippen LogP contribution in [0.15, 0.2) is 103 Å². The van der Waals surface area contributed by atoms with Crippen molar-refractivity contribution in [3.63, 3.8) is 0 Å². The highest BCUT2D eigenvalue weighted by molar-refractivity contribution is 6.37. The molecule has 19 atom stereocenters. The van der Waals surface area contributed by atoms with Crippen molar-refractivity contribution < 1.29 is 148 Å². The number of aliphatic carboxylic acids is 2. The SMILES string of the molecule is CCCCCCCCCCC(=O)N[C@@H]1[C@H](Oc2c3cc4cc2Oc2c(Cl)cc(cc2Cl)[C@H](O)[C@@H]2NC(=O)[C@H](NC(=O)C4NC(=O)C4NC(=O)[C@H](NC(=O)[C@H](NC)c5ccc(O)c(c5)Oc5cc(O)c(Cl)c4c5)[C@H](O)c4ccc(c(Cl)c4)O3)c3ccc(O)c(c3)-c3c(O[C@H]4O[C@@H](CO)[C@H](O)[C@H](O)[C@@H]4O)cc(O)cc3[C@H](C(=O)O)NC2=O)O[C@@H](C(=O)O)[C@@H](O)[C@H]1O. The van der Waals surface area contributed by atoms with Crippen LogP contribution >= 0.6 is 46.4 Å². The van der Waals surface area contributed by atoms with Crippen molar-refractivity contribution in [2.75, 3.05) is 13.7 Å². The monoisotopic (exact) mass is 1800 g/mol. The number of nitrogens with one attached hydrogen (secondary N) is 8. The summed E-state index contributed by atoms with van der Waals surface area (Å²) in [5.41, 5.74) is -4.54. The Bertz CT molecular complexity index is 5320. The number of fused-ring (bicyclic) bond motifs is 14. The molecule has 2 unspecified atom stereocenters. The highest BCUT2D eigenvalue weighted by atomic mass is 35.5. The van der Waals surface area contributed by atoms with Crippen LogP contribution in [0.1, 0.15) is 146 Å². The number of hydrogen-bond donors (Lipinski definition) is 22. The molecule has 0 saturated carbocycles. The molecule has 7 aromatic carbocycles. The van der Waals surface area contributed by atoms with Crippen LogP contribution in [0.3, 0.4) is 0 Å². The number of halogens is 4. The van der Waals surface area contributed by atoms with E-state index in [-0.39, 0.29) is 17.5 Å². The molecule has 0 radical (unpaired) electrons.